The van der Waals surface area contributed by atoms with Crippen molar-refractivity contribution in [3.05, 3.63) is 60.2 Å². The number of alkyl halides is 1. The third-order valence-corrected chi connectivity index (χ3v) is 6.27. The van der Waals surface area contributed by atoms with Crippen LogP contribution in [0.15, 0.2) is 54.6 Å². The summed E-state index contributed by atoms with van der Waals surface area (Å²) < 4.78 is 0. The lowest BCUT2D eigenvalue weighted by Crippen LogP contribution is -1.99. The van der Waals surface area contributed by atoms with E-state index in [1.54, 1.807) is 0 Å². The van der Waals surface area contributed by atoms with Crippen LogP contribution in [0.25, 0.3) is 11.1 Å². The van der Waals surface area contributed by atoms with Gasteiger partial charge < -0.3 is 0 Å². The van der Waals surface area contributed by atoms with Crippen molar-refractivity contribution in [1.29, 1.82) is 0 Å². The molecule has 0 nitrogen and oxygen atoms in total. The summed E-state index contributed by atoms with van der Waals surface area (Å²) in [4.78, 5) is 0. The fraction of sp³-hybridized carbons (Fsp3) is 0.400. The Balaban J connectivity index is 1.83. The molecule has 1 saturated carbocycles. The van der Waals surface area contributed by atoms with Crippen LogP contribution in [0.2, 0.25) is 0 Å². The fourth-order valence-corrected chi connectivity index (χ4v) is 4.44. The Labute approximate surface area is 133 Å². The summed E-state index contributed by atoms with van der Waals surface area (Å²) in [6.07, 6.45) is 0. The van der Waals surface area contributed by atoms with E-state index in [0.717, 1.165) is 0 Å². The minimum absolute atomic E-state index is 0.0971. The Morgan fingerprint density at radius 1 is 0.762 bits per heavy atom. The zero-order valence-electron chi connectivity index (χ0n) is 13.2. The summed E-state index contributed by atoms with van der Waals surface area (Å²) >= 11 is 6.77. The van der Waals surface area contributed by atoms with E-state index in [1.807, 2.05) is 6.07 Å². The monoisotopic (exact) mass is 298 g/mol. The standard InChI is InChI=1S/C20H23Cl/c1-19(2)18(20(19,3)4)17(21)16-12-10-15(11-13-16)14-8-6-5-7-9-14/h5-13,17-18H,1-4H3. The van der Waals surface area contributed by atoms with E-state index in [0.29, 0.717) is 16.7 Å². The molecular formula is C20H23Cl. The van der Waals surface area contributed by atoms with Crippen LogP contribution in [-0.2, 0) is 0 Å². The van der Waals surface area contributed by atoms with Gasteiger partial charge in [-0.1, -0.05) is 82.3 Å². The number of rotatable bonds is 3. The van der Waals surface area contributed by atoms with E-state index in [1.165, 1.54) is 16.7 Å². The molecule has 0 bridgehead atoms. The first-order valence-corrected chi connectivity index (χ1v) is 8.09. The summed E-state index contributed by atoms with van der Waals surface area (Å²) in [5, 5.41) is 0.0971. The molecule has 1 aliphatic rings. The molecule has 110 valence electrons. The molecule has 2 aromatic carbocycles. The smallest absolute Gasteiger partial charge is 0.0624 e. The number of halogens is 1. The molecule has 1 aliphatic carbocycles. The van der Waals surface area contributed by atoms with E-state index in [4.69, 9.17) is 11.6 Å². The van der Waals surface area contributed by atoms with Gasteiger partial charge >= 0.3 is 0 Å². The van der Waals surface area contributed by atoms with E-state index in [2.05, 4.69) is 76.2 Å². The molecule has 0 aliphatic heterocycles. The average Bonchev–Trinajstić information content (AvgIpc) is 2.89. The van der Waals surface area contributed by atoms with E-state index >= 15 is 0 Å². The van der Waals surface area contributed by atoms with Crippen LogP contribution < -0.4 is 0 Å². The Kier molecular flexibility index (Phi) is 3.41. The van der Waals surface area contributed by atoms with Gasteiger partial charge in [0.15, 0.2) is 0 Å². The molecule has 1 heteroatoms. The topological polar surface area (TPSA) is 0 Å². The summed E-state index contributed by atoms with van der Waals surface area (Å²) in [5.74, 6) is 0.536. The van der Waals surface area contributed by atoms with Crippen molar-refractivity contribution in [1.82, 2.24) is 0 Å². The van der Waals surface area contributed by atoms with E-state index in [9.17, 15) is 0 Å². The number of hydrogen-bond acceptors (Lipinski definition) is 0. The maximum Gasteiger partial charge on any atom is 0.0624 e. The first-order valence-electron chi connectivity index (χ1n) is 7.65. The molecule has 0 aromatic heterocycles. The minimum atomic E-state index is 0.0971. The molecule has 0 spiro atoms. The Hall–Kier alpha value is -1.27. The molecule has 21 heavy (non-hydrogen) atoms. The van der Waals surface area contributed by atoms with Crippen LogP contribution >= 0.6 is 11.6 Å². The zero-order valence-corrected chi connectivity index (χ0v) is 14.0. The SMILES string of the molecule is CC1(C)C(C(Cl)c2ccc(-c3ccccc3)cc2)C1(C)C. The molecule has 2 aromatic rings. The molecule has 3 rings (SSSR count). The molecule has 0 amide bonds. The lowest BCUT2D eigenvalue weighted by molar-refractivity contribution is 0.457. The molecule has 0 radical (unpaired) electrons. The summed E-state index contributed by atoms with van der Waals surface area (Å²) in [6.45, 7) is 9.30. The van der Waals surface area contributed by atoms with Crippen LogP contribution in [-0.4, -0.2) is 0 Å². The van der Waals surface area contributed by atoms with Crippen molar-refractivity contribution in [3.8, 4) is 11.1 Å². The van der Waals surface area contributed by atoms with Gasteiger partial charge in [-0.15, -0.1) is 11.6 Å². The Bertz CT molecular complexity index is 609. The van der Waals surface area contributed by atoms with Gasteiger partial charge in [0.1, 0.15) is 0 Å². The quantitative estimate of drug-likeness (QED) is 0.582. The summed E-state index contributed by atoms with van der Waals surface area (Å²) in [5.41, 5.74) is 4.37. The van der Waals surface area contributed by atoms with Crippen molar-refractivity contribution >= 4 is 11.6 Å². The molecule has 1 unspecified atom stereocenters. The van der Waals surface area contributed by atoms with Crippen LogP contribution in [0.1, 0.15) is 38.6 Å². The van der Waals surface area contributed by atoms with Crippen LogP contribution in [0.5, 0.6) is 0 Å². The van der Waals surface area contributed by atoms with E-state index in [-0.39, 0.29) is 5.38 Å². The van der Waals surface area contributed by atoms with Gasteiger partial charge in [0.05, 0.1) is 5.38 Å². The molecular weight excluding hydrogens is 276 g/mol. The maximum absolute atomic E-state index is 6.77. The van der Waals surface area contributed by atoms with Gasteiger partial charge in [-0.2, -0.15) is 0 Å². The molecule has 1 atom stereocenters. The number of hydrogen-bond donors (Lipinski definition) is 0. The highest BCUT2D eigenvalue weighted by atomic mass is 35.5. The summed E-state index contributed by atoms with van der Waals surface area (Å²) in [7, 11) is 0. The van der Waals surface area contributed by atoms with Gasteiger partial charge in [0.2, 0.25) is 0 Å². The second-order valence-electron chi connectivity index (χ2n) is 7.31. The third kappa shape index (κ3) is 2.30. The van der Waals surface area contributed by atoms with Gasteiger partial charge in [-0.25, -0.2) is 0 Å². The molecule has 1 fully saturated rings. The van der Waals surface area contributed by atoms with Gasteiger partial charge in [0.25, 0.3) is 0 Å². The zero-order chi connectivity index (χ0) is 15.3. The van der Waals surface area contributed by atoms with Crippen molar-refractivity contribution < 1.29 is 0 Å². The lowest BCUT2D eigenvalue weighted by atomic mass is 9.99. The summed E-state index contributed by atoms with van der Waals surface area (Å²) in [6, 6.07) is 19.2. The lowest BCUT2D eigenvalue weighted by Gasteiger charge is -2.13. The minimum Gasteiger partial charge on any atom is -0.117 e. The van der Waals surface area contributed by atoms with Crippen LogP contribution in [0.4, 0.5) is 0 Å². The molecule has 0 heterocycles. The Morgan fingerprint density at radius 2 is 1.24 bits per heavy atom. The van der Waals surface area contributed by atoms with Gasteiger partial charge in [-0.3, -0.25) is 0 Å². The van der Waals surface area contributed by atoms with Gasteiger partial charge in [-0.05, 0) is 33.4 Å². The van der Waals surface area contributed by atoms with Crippen molar-refractivity contribution in [3.63, 3.8) is 0 Å². The normalized spacial score (nSPS) is 21.0. The maximum atomic E-state index is 6.77. The van der Waals surface area contributed by atoms with Crippen molar-refractivity contribution in [2.24, 2.45) is 16.7 Å². The largest absolute Gasteiger partial charge is 0.117 e. The van der Waals surface area contributed by atoms with Crippen LogP contribution in [0, 0.1) is 16.7 Å². The second-order valence-corrected chi connectivity index (χ2v) is 7.78. The van der Waals surface area contributed by atoms with E-state index < -0.39 is 0 Å². The average molecular weight is 299 g/mol. The first kappa shape index (κ1) is 14.7. The molecule has 0 saturated heterocycles. The van der Waals surface area contributed by atoms with Gasteiger partial charge in [0, 0.05) is 0 Å². The highest BCUT2D eigenvalue weighted by molar-refractivity contribution is 6.21. The highest BCUT2D eigenvalue weighted by Crippen LogP contribution is 2.73. The van der Waals surface area contributed by atoms with Crippen molar-refractivity contribution in [2.75, 3.05) is 0 Å². The Morgan fingerprint density at radius 3 is 1.71 bits per heavy atom. The number of benzene rings is 2. The molecule has 0 N–H and O–H groups in total. The highest BCUT2D eigenvalue weighted by Gasteiger charge is 2.67. The second kappa shape index (κ2) is 4.88. The predicted molar refractivity (Wildman–Crippen MR) is 91.5 cm³/mol. The van der Waals surface area contributed by atoms with Crippen LogP contribution in [0.3, 0.4) is 0 Å². The fourth-order valence-electron chi connectivity index (χ4n) is 3.66. The first-order chi connectivity index (χ1) is 9.85. The third-order valence-electron chi connectivity index (χ3n) is 5.76. The predicted octanol–water partition coefficient (Wildman–Crippen LogP) is 6.32. The van der Waals surface area contributed by atoms with Crippen molar-refractivity contribution in [2.45, 2.75) is 33.1 Å².